The lowest BCUT2D eigenvalue weighted by Crippen LogP contribution is -2.14. The molecule has 0 aliphatic heterocycles. The third-order valence-corrected chi connectivity index (χ3v) is 4.19. The Morgan fingerprint density at radius 1 is 0.724 bits per heavy atom. The summed E-state index contributed by atoms with van der Waals surface area (Å²) in [5, 5.41) is 9.71. The van der Waals surface area contributed by atoms with Gasteiger partial charge in [0.05, 0.1) is 11.9 Å². The van der Waals surface area contributed by atoms with E-state index in [1.807, 2.05) is 12.1 Å². The summed E-state index contributed by atoms with van der Waals surface area (Å²) in [4.78, 5) is 28.9. The molecule has 0 bridgehead atoms. The SMILES string of the molecule is O=C(Nc1ccc(C(=O)Nc2ccc(-n3cccn3)nc2)cc1)c1ccccc1. The van der Waals surface area contributed by atoms with Crippen molar-refractivity contribution in [3.63, 3.8) is 0 Å². The number of nitrogens with one attached hydrogen (secondary N) is 2. The third kappa shape index (κ3) is 4.36. The number of nitrogens with zero attached hydrogens (tertiary/aromatic N) is 3. The highest BCUT2D eigenvalue weighted by Crippen LogP contribution is 2.14. The first-order valence-electron chi connectivity index (χ1n) is 8.93. The predicted octanol–water partition coefficient (Wildman–Crippen LogP) is 3.77. The molecule has 7 heteroatoms. The smallest absolute Gasteiger partial charge is 0.255 e. The highest BCUT2D eigenvalue weighted by atomic mass is 16.2. The van der Waals surface area contributed by atoms with Gasteiger partial charge in [-0.05, 0) is 54.6 Å². The number of hydrogen-bond acceptors (Lipinski definition) is 4. The topological polar surface area (TPSA) is 88.9 Å². The van der Waals surface area contributed by atoms with E-state index in [0.717, 1.165) is 0 Å². The van der Waals surface area contributed by atoms with Crippen molar-refractivity contribution in [3.05, 3.63) is 103 Å². The van der Waals surface area contributed by atoms with Gasteiger partial charge in [0.15, 0.2) is 5.82 Å². The van der Waals surface area contributed by atoms with Crippen LogP contribution >= 0.6 is 0 Å². The lowest BCUT2D eigenvalue weighted by molar-refractivity contribution is 0.102. The van der Waals surface area contributed by atoms with E-state index in [4.69, 9.17) is 0 Å². The Bertz CT molecular complexity index is 1110. The van der Waals surface area contributed by atoms with Crippen molar-refractivity contribution in [1.29, 1.82) is 0 Å². The van der Waals surface area contributed by atoms with Crippen LogP contribution in [0, 0.1) is 0 Å². The summed E-state index contributed by atoms with van der Waals surface area (Å²) in [7, 11) is 0. The number of hydrogen-bond donors (Lipinski definition) is 2. The molecule has 4 aromatic rings. The summed E-state index contributed by atoms with van der Waals surface area (Å²) in [6, 6.07) is 21.0. The molecule has 7 nitrogen and oxygen atoms in total. The van der Waals surface area contributed by atoms with Gasteiger partial charge >= 0.3 is 0 Å². The van der Waals surface area contributed by atoms with E-state index in [-0.39, 0.29) is 11.8 Å². The molecule has 0 aliphatic carbocycles. The van der Waals surface area contributed by atoms with Crippen LogP contribution in [0.4, 0.5) is 11.4 Å². The Morgan fingerprint density at radius 2 is 1.38 bits per heavy atom. The van der Waals surface area contributed by atoms with Crippen LogP contribution in [0.2, 0.25) is 0 Å². The Hall–Kier alpha value is -4.26. The second-order valence-electron chi connectivity index (χ2n) is 6.21. The molecule has 2 aromatic carbocycles. The average Bonchev–Trinajstić information content (AvgIpc) is 3.30. The number of anilines is 2. The molecule has 0 atom stereocenters. The predicted molar refractivity (Wildman–Crippen MR) is 110 cm³/mol. The fraction of sp³-hybridized carbons (Fsp3) is 0. The normalized spacial score (nSPS) is 10.3. The molecule has 0 unspecified atom stereocenters. The van der Waals surface area contributed by atoms with Gasteiger partial charge in [0.2, 0.25) is 0 Å². The summed E-state index contributed by atoms with van der Waals surface area (Å²) in [5.74, 6) is 0.192. The summed E-state index contributed by atoms with van der Waals surface area (Å²) in [5.41, 5.74) is 2.23. The maximum absolute atomic E-state index is 12.4. The molecule has 2 N–H and O–H groups in total. The summed E-state index contributed by atoms with van der Waals surface area (Å²) in [6.07, 6.45) is 5.03. The molecular weight excluding hydrogens is 366 g/mol. The van der Waals surface area contributed by atoms with Gasteiger partial charge in [-0.15, -0.1) is 0 Å². The van der Waals surface area contributed by atoms with E-state index in [0.29, 0.717) is 28.3 Å². The van der Waals surface area contributed by atoms with Crippen molar-refractivity contribution in [2.45, 2.75) is 0 Å². The van der Waals surface area contributed by atoms with Crippen LogP contribution in [-0.2, 0) is 0 Å². The lowest BCUT2D eigenvalue weighted by atomic mass is 10.1. The van der Waals surface area contributed by atoms with E-state index in [1.54, 1.807) is 83.9 Å². The van der Waals surface area contributed by atoms with E-state index in [9.17, 15) is 9.59 Å². The number of carbonyl (C=O) groups excluding carboxylic acids is 2. The van der Waals surface area contributed by atoms with Crippen LogP contribution in [0.1, 0.15) is 20.7 Å². The molecule has 2 amide bonds. The van der Waals surface area contributed by atoms with E-state index in [1.165, 1.54) is 0 Å². The van der Waals surface area contributed by atoms with E-state index in [2.05, 4.69) is 20.7 Å². The number of amides is 2. The minimum atomic E-state index is -0.264. The maximum Gasteiger partial charge on any atom is 0.255 e. The maximum atomic E-state index is 12.4. The fourth-order valence-electron chi connectivity index (χ4n) is 2.70. The number of pyridine rings is 1. The van der Waals surface area contributed by atoms with Crippen molar-refractivity contribution in [2.24, 2.45) is 0 Å². The number of carbonyl (C=O) groups is 2. The van der Waals surface area contributed by atoms with Crippen molar-refractivity contribution in [1.82, 2.24) is 14.8 Å². The molecule has 29 heavy (non-hydrogen) atoms. The molecule has 0 saturated carbocycles. The minimum absolute atomic E-state index is 0.203. The van der Waals surface area contributed by atoms with Gasteiger partial charge in [-0.25, -0.2) is 9.67 Å². The molecule has 2 heterocycles. The molecule has 0 fully saturated rings. The monoisotopic (exact) mass is 383 g/mol. The van der Waals surface area contributed by atoms with Crippen molar-refractivity contribution in [2.75, 3.05) is 10.6 Å². The first kappa shape index (κ1) is 18.1. The fourth-order valence-corrected chi connectivity index (χ4v) is 2.70. The van der Waals surface area contributed by atoms with Crippen LogP contribution in [0.25, 0.3) is 5.82 Å². The van der Waals surface area contributed by atoms with Crippen LogP contribution in [0.3, 0.4) is 0 Å². The number of aromatic nitrogens is 3. The Labute approximate surface area is 167 Å². The van der Waals surface area contributed by atoms with Crippen molar-refractivity contribution < 1.29 is 9.59 Å². The minimum Gasteiger partial charge on any atom is -0.322 e. The van der Waals surface area contributed by atoms with E-state index >= 15 is 0 Å². The van der Waals surface area contributed by atoms with Crippen molar-refractivity contribution >= 4 is 23.2 Å². The third-order valence-electron chi connectivity index (χ3n) is 4.19. The zero-order chi connectivity index (χ0) is 20.1. The van der Waals surface area contributed by atoms with Crippen molar-refractivity contribution in [3.8, 4) is 5.82 Å². The molecule has 2 aromatic heterocycles. The largest absolute Gasteiger partial charge is 0.322 e. The van der Waals surface area contributed by atoms with Gasteiger partial charge in [0.1, 0.15) is 0 Å². The second-order valence-corrected chi connectivity index (χ2v) is 6.21. The average molecular weight is 383 g/mol. The number of benzene rings is 2. The highest BCUT2D eigenvalue weighted by molar-refractivity contribution is 6.06. The van der Waals surface area contributed by atoms with Gasteiger partial charge in [-0.3, -0.25) is 9.59 Å². The zero-order valence-electron chi connectivity index (χ0n) is 15.3. The van der Waals surface area contributed by atoms with Gasteiger partial charge in [-0.1, -0.05) is 18.2 Å². The Balaban J connectivity index is 1.38. The van der Waals surface area contributed by atoms with Gasteiger partial charge in [0.25, 0.3) is 11.8 Å². The Morgan fingerprint density at radius 3 is 2.00 bits per heavy atom. The molecule has 0 saturated heterocycles. The van der Waals surface area contributed by atoms with Crippen LogP contribution in [0.5, 0.6) is 0 Å². The zero-order valence-corrected chi connectivity index (χ0v) is 15.3. The van der Waals surface area contributed by atoms with Crippen LogP contribution in [-0.4, -0.2) is 26.6 Å². The standard InChI is InChI=1S/C22H17N5O2/c28-21(16-5-2-1-3-6-16)25-18-9-7-17(8-10-18)22(29)26-19-11-12-20(23-15-19)27-14-4-13-24-27/h1-15H,(H,25,28)(H,26,29). The molecule has 142 valence electrons. The summed E-state index contributed by atoms with van der Waals surface area (Å²) >= 11 is 0. The molecule has 0 radical (unpaired) electrons. The quantitative estimate of drug-likeness (QED) is 0.549. The lowest BCUT2D eigenvalue weighted by Gasteiger charge is -2.08. The van der Waals surface area contributed by atoms with Crippen LogP contribution < -0.4 is 10.6 Å². The van der Waals surface area contributed by atoms with Gasteiger partial charge in [-0.2, -0.15) is 5.10 Å². The molecule has 4 rings (SSSR count). The first-order chi connectivity index (χ1) is 14.2. The van der Waals surface area contributed by atoms with Gasteiger partial charge < -0.3 is 10.6 Å². The van der Waals surface area contributed by atoms with E-state index < -0.39 is 0 Å². The van der Waals surface area contributed by atoms with Crippen LogP contribution in [0.15, 0.2) is 91.4 Å². The highest BCUT2D eigenvalue weighted by Gasteiger charge is 2.09. The Kier molecular flexibility index (Phi) is 5.11. The summed E-state index contributed by atoms with van der Waals surface area (Å²) in [6.45, 7) is 0. The first-order valence-corrected chi connectivity index (χ1v) is 8.93. The van der Waals surface area contributed by atoms with Gasteiger partial charge in [0, 0.05) is 29.2 Å². The number of rotatable bonds is 5. The summed E-state index contributed by atoms with van der Waals surface area (Å²) < 4.78 is 1.63. The second kappa shape index (κ2) is 8.18. The molecule has 0 spiro atoms. The molecular formula is C22H17N5O2. The molecule has 0 aliphatic rings.